The van der Waals surface area contributed by atoms with Gasteiger partial charge in [0, 0.05) is 19.4 Å². The predicted octanol–water partition coefficient (Wildman–Crippen LogP) is -1.21. The maximum atomic E-state index is 12.0. The number of hydrogen-bond acceptors (Lipinski definition) is 6. The summed E-state index contributed by atoms with van der Waals surface area (Å²) >= 11 is 0. The van der Waals surface area contributed by atoms with E-state index >= 15 is 0 Å². The highest BCUT2D eigenvalue weighted by molar-refractivity contribution is 7.89. The van der Waals surface area contributed by atoms with Crippen molar-refractivity contribution in [3.63, 3.8) is 0 Å². The second-order valence-corrected chi connectivity index (χ2v) is 6.35. The van der Waals surface area contributed by atoms with Crippen molar-refractivity contribution in [1.82, 2.24) is 4.31 Å². The highest BCUT2D eigenvalue weighted by Crippen LogP contribution is 2.22. The van der Waals surface area contributed by atoms with Gasteiger partial charge in [-0.15, -0.1) is 0 Å². The van der Waals surface area contributed by atoms with Crippen LogP contribution in [0.15, 0.2) is 0 Å². The van der Waals surface area contributed by atoms with E-state index in [1.165, 1.54) is 7.11 Å². The summed E-state index contributed by atoms with van der Waals surface area (Å²) in [6.07, 6.45) is -1.10. The maximum absolute atomic E-state index is 12.0. The average Bonchev–Trinajstić information content (AvgIpc) is 2.72. The number of hydrogen-bond donors (Lipinski definition) is 2. The van der Waals surface area contributed by atoms with E-state index in [2.05, 4.69) is 4.74 Å². The summed E-state index contributed by atoms with van der Waals surface area (Å²) in [7, 11) is -2.60. The SMILES string of the molecule is COC(=O)CCCS(=O)(=O)N1CC(O)CC1C(=O)O. The summed E-state index contributed by atoms with van der Waals surface area (Å²) in [5, 5.41) is 18.3. The molecule has 9 heteroatoms. The van der Waals surface area contributed by atoms with Crippen molar-refractivity contribution < 1.29 is 33.0 Å². The van der Waals surface area contributed by atoms with E-state index in [1.54, 1.807) is 0 Å². The molecule has 1 aliphatic rings. The lowest BCUT2D eigenvalue weighted by Gasteiger charge is -2.20. The minimum Gasteiger partial charge on any atom is -0.480 e. The molecule has 1 fully saturated rings. The third-order valence-corrected chi connectivity index (χ3v) is 4.81. The second kappa shape index (κ2) is 6.31. The Morgan fingerprint density at radius 3 is 2.58 bits per heavy atom. The van der Waals surface area contributed by atoms with E-state index in [9.17, 15) is 23.1 Å². The zero-order valence-corrected chi connectivity index (χ0v) is 11.3. The standard InChI is InChI=1S/C10H17NO7S/c1-18-9(13)3-2-4-19(16,17)11-6-7(12)5-8(11)10(14)15/h7-8,12H,2-6H2,1H3,(H,14,15). The number of methoxy groups -OCH3 is 1. The van der Waals surface area contributed by atoms with Crippen LogP contribution in [0.3, 0.4) is 0 Å². The molecule has 0 aromatic rings. The van der Waals surface area contributed by atoms with Crippen LogP contribution in [0.5, 0.6) is 0 Å². The van der Waals surface area contributed by atoms with Gasteiger partial charge in [0.2, 0.25) is 10.0 Å². The number of esters is 1. The van der Waals surface area contributed by atoms with Crippen LogP contribution in [0.2, 0.25) is 0 Å². The van der Waals surface area contributed by atoms with E-state index in [4.69, 9.17) is 5.11 Å². The van der Waals surface area contributed by atoms with Gasteiger partial charge in [0.1, 0.15) is 6.04 Å². The zero-order valence-electron chi connectivity index (χ0n) is 10.5. The van der Waals surface area contributed by atoms with Crippen molar-refractivity contribution >= 4 is 22.0 Å². The highest BCUT2D eigenvalue weighted by Gasteiger charge is 2.42. The summed E-state index contributed by atoms with van der Waals surface area (Å²) in [6, 6.07) is -1.24. The van der Waals surface area contributed by atoms with Gasteiger partial charge >= 0.3 is 11.9 Å². The molecule has 0 spiro atoms. The summed E-state index contributed by atoms with van der Waals surface area (Å²) in [5.74, 6) is -2.15. The number of aliphatic carboxylic acids is 1. The van der Waals surface area contributed by atoms with E-state index in [0.29, 0.717) is 0 Å². The van der Waals surface area contributed by atoms with Gasteiger partial charge in [-0.25, -0.2) is 8.42 Å². The first-order chi connectivity index (χ1) is 8.77. The molecule has 8 nitrogen and oxygen atoms in total. The number of rotatable bonds is 6. The van der Waals surface area contributed by atoms with Gasteiger partial charge in [0.05, 0.1) is 19.0 Å². The summed E-state index contributed by atoms with van der Waals surface area (Å²) in [5.41, 5.74) is 0. The van der Waals surface area contributed by atoms with Crippen LogP contribution in [0, 0.1) is 0 Å². The van der Waals surface area contributed by atoms with Crippen LogP contribution in [0.4, 0.5) is 0 Å². The van der Waals surface area contributed by atoms with Crippen molar-refractivity contribution in [3.05, 3.63) is 0 Å². The Morgan fingerprint density at radius 2 is 2.05 bits per heavy atom. The average molecular weight is 295 g/mol. The Labute approximate surface area is 111 Å². The maximum Gasteiger partial charge on any atom is 0.322 e. The fourth-order valence-corrected chi connectivity index (χ4v) is 3.64. The van der Waals surface area contributed by atoms with Gasteiger partial charge in [-0.05, 0) is 6.42 Å². The van der Waals surface area contributed by atoms with E-state index in [0.717, 1.165) is 4.31 Å². The molecular formula is C10H17NO7S. The lowest BCUT2D eigenvalue weighted by atomic mass is 10.2. The molecule has 0 saturated carbocycles. The van der Waals surface area contributed by atoms with Gasteiger partial charge in [0.15, 0.2) is 0 Å². The summed E-state index contributed by atoms with van der Waals surface area (Å²) in [4.78, 5) is 21.8. The minimum atomic E-state index is -3.81. The first-order valence-electron chi connectivity index (χ1n) is 5.75. The molecule has 0 aromatic carbocycles. The molecular weight excluding hydrogens is 278 g/mol. The minimum absolute atomic E-state index is 0.0495. The largest absolute Gasteiger partial charge is 0.480 e. The van der Waals surface area contributed by atoms with Crippen LogP contribution in [0.25, 0.3) is 0 Å². The molecule has 2 unspecified atom stereocenters. The van der Waals surface area contributed by atoms with Crippen LogP contribution in [0.1, 0.15) is 19.3 Å². The van der Waals surface area contributed by atoms with Gasteiger partial charge in [-0.2, -0.15) is 4.31 Å². The number of β-amino-alcohol motifs (C(OH)–C–C–N with tert-alkyl or cyclic N) is 1. The van der Waals surface area contributed by atoms with Crippen molar-refractivity contribution in [1.29, 1.82) is 0 Å². The second-order valence-electron chi connectivity index (χ2n) is 4.31. The number of carboxylic acid groups (broad SMARTS) is 1. The molecule has 1 aliphatic heterocycles. The van der Waals surface area contributed by atoms with Crippen LogP contribution in [-0.4, -0.2) is 66.4 Å². The first kappa shape index (κ1) is 15.9. The van der Waals surface area contributed by atoms with Gasteiger partial charge < -0.3 is 14.9 Å². The van der Waals surface area contributed by atoms with Crippen LogP contribution < -0.4 is 0 Å². The molecule has 0 aromatic heterocycles. The Hall–Kier alpha value is -1.19. The fourth-order valence-electron chi connectivity index (χ4n) is 1.93. The number of carbonyl (C=O) groups excluding carboxylic acids is 1. The molecule has 0 amide bonds. The van der Waals surface area contributed by atoms with Crippen molar-refractivity contribution in [2.24, 2.45) is 0 Å². The summed E-state index contributed by atoms with van der Waals surface area (Å²) < 4.78 is 29.1. The molecule has 2 atom stereocenters. The third kappa shape index (κ3) is 4.15. The topological polar surface area (TPSA) is 121 Å². The molecule has 1 saturated heterocycles. The number of sulfonamides is 1. The van der Waals surface area contributed by atoms with Crippen molar-refractivity contribution in [3.8, 4) is 0 Å². The lowest BCUT2D eigenvalue weighted by molar-refractivity contribution is -0.141. The Balaban J connectivity index is 2.65. The fraction of sp³-hybridized carbons (Fsp3) is 0.800. The van der Waals surface area contributed by atoms with Gasteiger partial charge in [-0.1, -0.05) is 0 Å². The monoisotopic (exact) mass is 295 g/mol. The third-order valence-electron chi connectivity index (χ3n) is 2.89. The molecule has 19 heavy (non-hydrogen) atoms. The molecule has 0 radical (unpaired) electrons. The van der Waals surface area contributed by atoms with Crippen molar-refractivity contribution in [2.75, 3.05) is 19.4 Å². The molecule has 2 N–H and O–H groups in total. The number of ether oxygens (including phenoxy) is 1. The number of aliphatic hydroxyl groups is 1. The normalized spacial score (nSPS) is 24.3. The van der Waals surface area contributed by atoms with Crippen LogP contribution >= 0.6 is 0 Å². The molecule has 0 bridgehead atoms. The van der Waals surface area contributed by atoms with Crippen LogP contribution in [-0.2, 0) is 24.3 Å². The molecule has 110 valence electrons. The van der Waals surface area contributed by atoms with Gasteiger partial charge in [0.25, 0.3) is 0 Å². The summed E-state index contributed by atoms with van der Waals surface area (Å²) in [6.45, 7) is -0.225. The number of carbonyl (C=O) groups is 2. The van der Waals surface area contributed by atoms with Crippen molar-refractivity contribution in [2.45, 2.75) is 31.4 Å². The molecule has 1 heterocycles. The Morgan fingerprint density at radius 1 is 1.42 bits per heavy atom. The van der Waals surface area contributed by atoms with E-state index in [1.807, 2.05) is 0 Å². The first-order valence-corrected chi connectivity index (χ1v) is 7.36. The number of carboxylic acids is 1. The molecule has 1 rings (SSSR count). The predicted molar refractivity (Wildman–Crippen MR) is 63.8 cm³/mol. The quantitative estimate of drug-likeness (QED) is 0.590. The Kier molecular flexibility index (Phi) is 5.27. The molecule has 0 aliphatic carbocycles. The van der Waals surface area contributed by atoms with Gasteiger partial charge in [-0.3, -0.25) is 9.59 Å². The smallest absolute Gasteiger partial charge is 0.322 e. The number of nitrogens with zero attached hydrogens (tertiary/aromatic N) is 1. The highest BCUT2D eigenvalue weighted by atomic mass is 32.2. The van der Waals surface area contributed by atoms with E-state index in [-0.39, 0.29) is 31.6 Å². The zero-order chi connectivity index (χ0) is 14.6. The number of aliphatic hydroxyl groups excluding tert-OH is 1. The van der Waals surface area contributed by atoms with E-state index < -0.39 is 34.1 Å². The lowest BCUT2D eigenvalue weighted by Crippen LogP contribution is -2.41. The Bertz CT molecular complexity index is 447.